The highest BCUT2D eigenvalue weighted by atomic mass is 16.5. The van der Waals surface area contributed by atoms with Gasteiger partial charge in [-0.25, -0.2) is 4.90 Å². The molecule has 2 fully saturated rings. The van der Waals surface area contributed by atoms with Gasteiger partial charge in [0.1, 0.15) is 0 Å². The summed E-state index contributed by atoms with van der Waals surface area (Å²) in [5.74, 6) is -1.31. The minimum atomic E-state index is -0.677. The minimum Gasteiger partial charge on any atom is -0.362 e. The van der Waals surface area contributed by atoms with Crippen molar-refractivity contribution in [2.24, 2.45) is 11.8 Å². The fourth-order valence-corrected chi connectivity index (χ4v) is 3.59. The molecule has 104 valence electrons. The van der Waals surface area contributed by atoms with Gasteiger partial charge in [-0.05, 0) is 31.2 Å². The maximum Gasteiger partial charge on any atom is 0.241 e. The van der Waals surface area contributed by atoms with Crippen molar-refractivity contribution in [3.8, 4) is 6.07 Å². The van der Waals surface area contributed by atoms with E-state index in [1.165, 1.54) is 4.90 Å². The molecule has 3 aliphatic rings. The van der Waals surface area contributed by atoms with E-state index in [9.17, 15) is 9.59 Å². The lowest BCUT2D eigenvalue weighted by molar-refractivity contribution is -0.126. The van der Waals surface area contributed by atoms with Gasteiger partial charge in [0.2, 0.25) is 11.8 Å². The van der Waals surface area contributed by atoms with Crippen molar-refractivity contribution >= 4 is 17.5 Å². The molecule has 4 atom stereocenters. The van der Waals surface area contributed by atoms with Crippen LogP contribution in [-0.4, -0.2) is 23.5 Å². The first-order valence-corrected chi connectivity index (χ1v) is 6.80. The highest BCUT2D eigenvalue weighted by molar-refractivity contribution is 6.23. The number of amides is 2. The zero-order chi connectivity index (χ0) is 14.8. The number of ether oxygens (including phenoxy) is 1. The number of hydrogen-bond acceptors (Lipinski definition) is 4. The Morgan fingerprint density at radius 1 is 1.24 bits per heavy atom. The van der Waals surface area contributed by atoms with Crippen molar-refractivity contribution in [1.82, 2.24) is 0 Å². The Bertz CT molecular complexity index is 731. The van der Waals surface area contributed by atoms with E-state index in [-0.39, 0.29) is 17.9 Å². The van der Waals surface area contributed by atoms with Gasteiger partial charge in [0.05, 0.1) is 40.9 Å². The molecule has 2 bridgehead atoms. The Hall–Kier alpha value is -2.45. The summed E-state index contributed by atoms with van der Waals surface area (Å²) in [6.45, 7) is 1.85. The SMILES string of the molecule is C[C@]12C=C[C@@H](O1)[C@H]1C(=O)N(c3ccc(C#N)cc3)C(=O)[C@@H]12. The second-order valence-electron chi connectivity index (χ2n) is 5.80. The number of nitriles is 1. The van der Waals surface area contributed by atoms with Crippen LogP contribution in [0.25, 0.3) is 0 Å². The summed E-state index contributed by atoms with van der Waals surface area (Å²) < 4.78 is 5.77. The van der Waals surface area contributed by atoms with Gasteiger partial charge in [-0.1, -0.05) is 12.2 Å². The lowest BCUT2D eigenvalue weighted by atomic mass is 9.78. The maximum atomic E-state index is 12.7. The zero-order valence-electron chi connectivity index (χ0n) is 11.3. The quantitative estimate of drug-likeness (QED) is 0.576. The molecule has 0 spiro atoms. The summed E-state index contributed by atoms with van der Waals surface area (Å²) in [7, 11) is 0. The van der Waals surface area contributed by atoms with Crippen LogP contribution in [0.3, 0.4) is 0 Å². The van der Waals surface area contributed by atoms with Crippen molar-refractivity contribution in [2.75, 3.05) is 4.90 Å². The van der Waals surface area contributed by atoms with Crippen LogP contribution in [-0.2, 0) is 14.3 Å². The molecule has 0 N–H and O–H groups in total. The fraction of sp³-hybridized carbons (Fsp3) is 0.312. The Balaban J connectivity index is 1.75. The molecule has 0 saturated carbocycles. The molecule has 0 aliphatic carbocycles. The number of imide groups is 1. The average Bonchev–Trinajstić information content (AvgIpc) is 3.09. The summed E-state index contributed by atoms with van der Waals surface area (Å²) in [5.41, 5.74) is 0.333. The molecular formula is C16H12N2O3. The van der Waals surface area contributed by atoms with Gasteiger partial charge in [-0.3, -0.25) is 9.59 Å². The summed E-state index contributed by atoms with van der Waals surface area (Å²) in [5, 5.41) is 8.82. The van der Waals surface area contributed by atoms with Gasteiger partial charge in [-0.2, -0.15) is 5.26 Å². The lowest BCUT2D eigenvalue weighted by Gasteiger charge is -2.24. The van der Waals surface area contributed by atoms with Gasteiger partial charge < -0.3 is 4.74 Å². The molecule has 5 nitrogen and oxygen atoms in total. The topological polar surface area (TPSA) is 70.4 Å². The number of nitrogens with zero attached hydrogens (tertiary/aromatic N) is 2. The van der Waals surface area contributed by atoms with Crippen molar-refractivity contribution in [3.63, 3.8) is 0 Å². The third kappa shape index (κ3) is 1.43. The largest absolute Gasteiger partial charge is 0.362 e. The highest BCUT2D eigenvalue weighted by Crippen LogP contribution is 2.52. The molecule has 3 heterocycles. The second-order valence-corrected chi connectivity index (χ2v) is 5.80. The highest BCUT2D eigenvalue weighted by Gasteiger charge is 2.65. The number of fused-ring (bicyclic) bond motifs is 5. The van der Waals surface area contributed by atoms with Crippen molar-refractivity contribution in [2.45, 2.75) is 18.6 Å². The average molecular weight is 280 g/mol. The van der Waals surface area contributed by atoms with Crippen LogP contribution in [0.1, 0.15) is 12.5 Å². The van der Waals surface area contributed by atoms with Gasteiger partial charge >= 0.3 is 0 Å². The molecule has 21 heavy (non-hydrogen) atoms. The molecule has 2 amide bonds. The smallest absolute Gasteiger partial charge is 0.241 e. The zero-order valence-corrected chi connectivity index (χ0v) is 11.3. The lowest BCUT2D eigenvalue weighted by Crippen LogP contribution is -2.38. The first-order chi connectivity index (χ1) is 10.0. The summed E-state index contributed by atoms with van der Waals surface area (Å²) in [4.78, 5) is 26.5. The molecule has 0 aromatic heterocycles. The van der Waals surface area contributed by atoms with Gasteiger partial charge in [-0.15, -0.1) is 0 Å². The van der Waals surface area contributed by atoms with Gasteiger partial charge in [0.15, 0.2) is 0 Å². The fourth-order valence-electron chi connectivity index (χ4n) is 3.59. The number of rotatable bonds is 1. The van der Waals surface area contributed by atoms with E-state index < -0.39 is 17.4 Å². The molecule has 4 rings (SSSR count). The van der Waals surface area contributed by atoms with E-state index >= 15 is 0 Å². The molecule has 1 aromatic carbocycles. The molecule has 0 radical (unpaired) electrons. The van der Waals surface area contributed by atoms with Crippen LogP contribution in [0.5, 0.6) is 0 Å². The standard InChI is InChI=1S/C16H12N2O3/c1-16-7-6-11(21-16)12-13(16)15(20)18(14(12)19)10-4-2-9(8-17)3-5-10/h2-7,11-13H,1H3/t11-,12-,13-,16-/m1/s1. The molecule has 3 aliphatic heterocycles. The van der Waals surface area contributed by atoms with Crippen molar-refractivity contribution in [3.05, 3.63) is 42.0 Å². The van der Waals surface area contributed by atoms with Crippen LogP contribution in [0.15, 0.2) is 36.4 Å². The van der Waals surface area contributed by atoms with Crippen molar-refractivity contribution < 1.29 is 14.3 Å². The van der Waals surface area contributed by atoms with Gasteiger partial charge in [0.25, 0.3) is 0 Å². The summed E-state index contributed by atoms with van der Waals surface area (Å²) in [6.07, 6.45) is 3.45. The number of anilines is 1. The van der Waals surface area contributed by atoms with E-state index in [2.05, 4.69) is 0 Å². The number of hydrogen-bond donors (Lipinski definition) is 0. The van der Waals surface area contributed by atoms with Crippen LogP contribution in [0, 0.1) is 23.2 Å². The van der Waals surface area contributed by atoms with E-state index in [0.717, 1.165) is 0 Å². The Kier molecular flexibility index (Phi) is 2.23. The van der Waals surface area contributed by atoms with E-state index in [1.807, 2.05) is 25.1 Å². The third-order valence-electron chi connectivity index (χ3n) is 4.58. The third-order valence-corrected chi connectivity index (χ3v) is 4.58. The van der Waals surface area contributed by atoms with Crippen LogP contribution in [0.2, 0.25) is 0 Å². The normalized spacial score (nSPS) is 36.2. The molecule has 1 aromatic rings. The Labute approximate surface area is 121 Å². The maximum absolute atomic E-state index is 12.7. The van der Waals surface area contributed by atoms with E-state index in [1.54, 1.807) is 24.3 Å². The van der Waals surface area contributed by atoms with E-state index in [4.69, 9.17) is 10.00 Å². The molecule has 5 heteroatoms. The molecular weight excluding hydrogens is 268 g/mol. The number of benzene rings is 1. The van der Waals surface area contributed by atoms with E-state index in [0.29, 0.717) is 11.3 Å². The Morgan fingerprint density at radius 2 is 1.95 bits per heavy atom. The van der Waals surface area contributed by atoms with Crippen LogP contribution in [0.4, 0.5) is 5.69 Å². The number of carbonyl (C=O) groups excluding carboxylic acids is 2. The predicted octanol–water partition coefficient (Wildman–Crippen LogP) is 1.39. The summed E-state index contributed by atoms with van der Waals surface area (Å²) in [6, 6.07) is 8.50. The first kappa shape index (κ1) is 12.3. The van der Waals surface area contributed by atoms with Gasteiger partial charge in [0, 0.05) is 0 Å². The predicted molar refractivity (Wildman–Crippen MR) is 73.0 cm³/mol. The number of carbonyl (C=O) groups is 2. The monoisotopic (exact) mass is 280 g/mol. The van der Waals surface area contributed by atoms with Crippen LogP contribution >= 0.6 is 0 Å². The minimum absolute atomic E-state index is 0.215. The molecule has 0 unspecified atom stereocenters. The second kappa shape index (κ2) is 3.80. The van der Waals surface area contributed by atoms with Crippen molar-refractivity contribution in [1.29, 1.82) is 5.26 Å². The van der Waals surface area contributed by atoms with Crippen LogP contribution < -0.4 is 4.90 Å². The Morgan fingerprint density at radius 3 is 2.57 bits per heavy atom. The molecule has 2 saturated heterocycles. The first-order valence-electron chi connectivity index (χ1n) is 6.80. The summed E-state index contributed by atoms with van der Waals surface area (Å²) >= 11 is 0.